The molecule has 1 fully saturated rings. The molecule has 1 unspecified atom stereocenters. The van der Waals surface area contributed by atoms with Gasteiger partial charge in [0.1, 0.15) is 5.76 Å². The van der Waals surface area contributed by atoms with Gasteiger partial charge in [0.25, 0.3) is 0 Å². The molecule has 1 aromatic heterocycles. The summed E-state index contributed by atoms with van der Waals surface area (Å²) in [7, 11) is 3.24. The van der Waals surface area contributed by atoms with Crippen molar-refractivity contribution in [3.8, 4) is 11.5 Å². The van der Waals surface area contributed by atoms with Gasteiger partial charge < -0.3 is 24.5 Å². The molecule has 1 aliphatic rings. The van der Waals surface area contributed by atoms with Crippen LogP contribution in [-0.2, 0) is 6.54 Å². The third-order valence-corrected chi connectivity index (χ3v) is 4.91. The van der Waals surface area contributed by atoms with Crippen molar-refractivity contribution in [1.29, 1.82) is 0 Å². The standard InChI is InChI=1S/C20H27N3O4/c1-22(14-15-7-8-17(24)19(12-15)26-2)20(25)21-13-16(18-6-5-11-27-18)23-9-3-4-10-23/h5-8,11-12,16,24H,3-4,9-10,13-14H2,1-2H3,(H,21,25). The Kier molecular flexibility index (Phi) is 6.24. The molecule has 7 nitrogen and oxygen atoms in total. The van der Waals surface area contributed by atoms with Gasteiger partial charge in [0.2, 0.25) is 0 Å². The van der Waals surface area contributed by atoms with Crippen LogP contribution >= 0.6 is 0 Å². The lowest BCUT2D eigenvalue weighted by Gasteiger charge is -2.27. The average Bonchev–Trinajstić information content (AvgIpc) is 3.37. The Hall–Kier alpha value is -2.67. The van der Waals surface area contributed by atoms with E-state index in [1.165, 1.54) is 20.0 Å². The minimum Gasteiger partial charge on any atom is -0.504 e. The van der Waals surface area contributed by atoms with Gasteiger partial charge in [0.05, 0.1) is 19.4 Å². The minimum absolute atomic E-state index is 0.0496. The van der Waals surface area contributed by atoms with Gasteiger partial charge in [0.15, 0.2) is 11.5 Å². The van der Waals surface area contributed by atoms with Gasteiger partial charge in [-0.15, -0.1) is 0 Å². The van der Waals surface area contributed by atoms with Crippen molar-refractivity contribution in [2.45, 2.75) is 25.4 Å². The van der Waals surface area contributed by atoms with E-state index in [9.17, 15) is 9.90 Å². The van der Waals surface area contributed by atoms with Gasteiger partial charge >= 0.3 is 6.03 Å². The molecule has 0 aliphatic carbocycles. The summed E-state index contributed by atoms with van der Waals surface area (Å²) in [5.41, 5.74) is 0.879. The maximum absolute atomic E-state index is 12.5. The Morgan fingerprint density at radius 1 is 1.37 bits per heavy atom. The number of ether oxygens (including phenoxy) is 1. The Labute approximate surface area is 159 Å². The van der Waals surface area contributed by atoms with Crippen LogP contribution in [0.15, 0.2) is 41.0 Å². The monoisotopic (exact) mass is 373 g/mol. The number of rotatable bonds is 7. The van der Waals surface area contributed by atoms with Crippen LogP contribution in [0.5, 0.6) is 11.5 Å². The summed E-state index contributed by atoms with van der Waals surface area (Å²) in [4.78, 5) is 16.5. The number of benzene rings is 1. The highest BCUT2D eigenvalue weighted by atomic mass is 16.5. The van der Waals surface area contributed by atoms with E-state index in [-0.39, 0.29) is 17.8 Å². The summed E-state index contributed by atoms with van der Waals surface area (Å²) in [5, 5.41) is 12.7. The number of hydrogen-bond acceptors (Lipinski definition) is 5. The Balaban J connectivity index is 1.58. The number of methoxy groups -OCH3 is 1. The van der Waals surface area contributed by atoms with Crippen molar-refractivity contribution in [3.05, 3.63) is 47.9 Å². The Morgan fingerprint density at radius 3 is 2.81 bits per heavy atom. The fraction of sp³-hybridized carbons (Fsp3) is 0.450. The summed E-state index contributed by atoms with van der Waals surface area (Å²) < 4.78 is 10.7. The SMILES string of the molecule is COc1cc(CN(C)C(=O)NCC(c2ccco2)N2CCCC2)ccc1O. The van der Waals surface area contributed by atoms with Crippen LogP contribution in [0.1, 0.15) is 30.2 Å². The van der Waals surface area contributed by atoms with Crippen molar-refractivity contribution in [2.24, 2.45) is 0 Å². The summed E-state index contributed by atoms with van der Waals surface area (Å²) in [6.45, 7) is 2.95. The number of nitrogens with one attached hydrogen (secondary N) is 1. The number of carbonyl (C=O) groups excluding carboxylic acids is 1. The zero-order valence-electron chi connectivity index (χ0n) is 15.9. The number of carbonyl (C=O) groups is 1. The van der Waals surface area contributed by atoms with Gasteiger partial charge in [-0.05, 0) is 55.8 Å². The predicted molar refractivity (Wildman–Crippen MR) is 102 cm³/mol. The summed E-state index contributed by atoms with van der Waals surface area (Å²) in [5.74, 6) is 1.36. The van der Waals surface area contributed by atoms with E-state index >= 15 is 0 Å². The molecule has 146 valence electrons. The molecule has 2 amide bonds. The lowest BCUT2D eigenvalue weighted by molar-refractivity contribution is 0.187. The topological polar surface area (TPSA) is 78.2 Å². The fourth-order valence-electron chi connectivity index (χ4n) is 3.43. The molecule has 1 saturated heterocycles. The molecular weight excluding hydrogens is 346 g/mol. The van der Waals surface area contributed by atoms with Crippen LogP contribution in [0, 0.1) is 0 Å². The molecule has 1 aliphatic heterocycles. The Morgan fingerprint density at radius 2 is 2.15 bits per heavy atom. The molecule has 2 N–H and O–H groups in total. The molecule has 1 aromatic carbocycles. The zero-order chi connectivity index (χ0) is 19.2. The summed E-state index contributed by atoms with van der Waals surface area (Å²) in [6, 6.07) is 8.81. The zero-order valence-corrected chi connectivity index (χ0v) is 15.9. The number of amides is 2. The van der Waals surface area contributed by atoms with E-state index in [1.54, 1.807) is 36.4 Å². The molecule has 3 rings (SSSR count). The number of likely N-dealkylation sites (tertiary alicyclic amines) is 1. The highest BCUT2D eigenvalue weighted by Gasteiger charge is 2.26. The smallest absolute Gasteiger partial charge is 0.317 e. The molecule has 0 saturated carbocycles. The molecule has 7 heteroatoms. The van der Waals surface area contributed by atoms with E-state index in [1.807, 2.05) is 12.1 Å². The van der Waals surface area contributed by atoms with Crippen LogP contribution in [0.3, 0.4) is 0 Å². The maximum atomic E-state index is 12.5. The fourth-order valence-corrected chi connectivity index (χ4v) is 3.43. The first-order valence-electron chi connectivity index (χ1n) is 9.21. The van der Waals surface area contributed by atoms with Crippen molar-refractivity contribution < 1.29 is 19.1 Å². The number of nitrogens with zero attached hydrogens (tertiary/aromatic N) is 2. The highest BCUT2D eigenvalue weighted by molar-refractivity contribution is 5.73. The van der Waals surface area contributed by atoms with Crippen LogP contribution < -0.4 is 10.1 Å². The van der Waals surface area contributed by atoms with Crippen molar-refractivity contribution in [2.75, 3.05) is 33.8 Å². The molecule has 2 heterocycles. The van der Waals surface area contributed by atoms with E-state index in [2.05, 4.69) is 10.2 Å². The highest BCUT2D eigenvalue weighted by Crippen LogP contribution is 2.27. The second kappa shape index (κ2) is 8.81. The quantitative estimate of drug-likeness (QED) is 0.780. The molecule has 0 bridgehead atoms. The van der Waals surface area contributed by atoms with Gasteiger partial charge in [0, 0.05) is 20.1 Å². The van der Waals surface area contributed by atoms with Gasteiger partial charge in [-0.2, -0.15) is 0 Å². The molecule has 0 radical (unpaired) electrons. The van der Waals surface area contributed by atoms with E-state index < -0.39 is 0 Å². The summed E-state index contributed by atoms with van der Waals surface area (Å²) >= 11 is 0. The Bertz CT molecular complexity index is 742. The normalized spacial score (nSPS) is 15.5. The first-order valence-corrected chi connectivity index (χ1v) is 9.21. The van der Waals surface area contributed by atoms with E-state index in [4.69, 9.17) is 9.15 Å². The molecule has 0 spiro atoms. The van der Waals surface area contributed by atoms with Gasteiger partial charge in [-0.25, -0.2) is 4.79 Å². The number of furan rings is 1. The largest absolute Gasteiger partial charge is 0.504 e. The summed E-state index contributed by atoms with van der Waals surface area (Å²) in [6.07, 6.45) is 4.02. The third kappa shape index (κ3) is 4.74. The number of phenols is 1. The second-order valence-corrected chi connectivity index (χ2v) is 6.82. The van der Waals surface area contributed by atoms with Gasteiger partial charge in [-0.3, -0.25) is 4.90 Å². The predicted octanol–water partition coefficient (Wildman–Crippen LogP) is 2.97. The third-order valence-electron chi connectivity index (χ3n) is 4.91. The number of hydrogen-bond donors (Lipinski definition) is 2. The van der Waals surface area contributed by atoms with Crippen LogP contribution in [0.4, 0.5) is 4.79 Å². The second-order valence-electron chi connectivity index (χ2n) is 6.82. The molecule has 2 aromatic rings. The van der Waals surface area contributed by atoms with E-state index in [0.717, 1.165) is 24.4 Å². The van der Waals surface area contributed by atoms with Crippen LogP contribution in [0.25, 0.3) is 0 Å². The lowest BCUT2D eigenvalue weighted by atomic mass is 10.2. The van der Waals surface area contributed by atoms with Gasteiger partial charge in [-0.1, -0.05) is 6.07 Å². The van der Waals surface area contributed by atoms with Crippen molar-refractivity contribution >= 4 is 6.03 Å². The average molecular weight is 373 g/mol. The maximum Gasteiger partial charge on any atom is 0.317 e. The lowest BCUT2D eigenvalue weighted by Crippen LogP contribution is -2.42. The van der Waals surface area contributed by atoms with Crippen LogP contribution in [-0.4, -0.2) is 54.7 Å². The van der Waals surface area contributed by atoms with Crippen molar-refractivity contribution in [3.63, 3.8) is 0 Å². The number of phenolic OH excluding ortho intramolecular Hbond substituents is 1. The number of urea groups is 1. The molecular formula is C20H27N3O4. The van der Waals surface area contributed by atoms with E-state index in [0.29, 0.717) is 18.8 Å². The first-order chi connectivity index (χ1) is 13.1. The first kappa shape index (κ1) is 19.1. The van der Waals surface area contributed by atoms with Crippen molar-refractivity contribution in [1.82, 2.24) is 15.1 Å². The van der Waals surface area contributed by atoms with Crippen LogP contribution in [0.2, 0.25) is 0 Å². The number of aromatic hydroxyl groups is 1. The minimum atomic E-state index is -0.155. The molecule has 27 heavy (non-hydrogen) atoms. The molecule has 1 atom stereocenters.